The van der Waals surface area contributed by atoms with Crippen LogP contribution >= 0.6 is 38.9 Å². The topological polar surface area (TPSA) is 88.7 Å². The van der Waals surface area contributed by atoms with Gasteiger partial charge in [0.05, 0.1) is 41.2 Å². The zero-order valence-electron chi connectivity index (χ0n) is 16.9. The number of aromatic nitrogens is 3. The summed E-state index contributed by atoms with van der Waals surface area (Å²) in [5, 5.41) is 8.30. The third kappa shape index (κ3) is 2.99. The lowest BCUT2D eigenvalue weighted by atomic mass is 9.70. The number of ether oxygens (including phenoxy) is 1. The highest BCUT2D eigenvalue weighted by Crippen LogP contribution is 2.49. The second-order valence-electron chi connectivity index (χ2n) is 8.46. The van der Waals surface area contributed by atoms with E-state index in [1.807, 2.05) is 0 Å². The minimum atomic E-state index is -0.223. The van der Waals surface area contributed by atoms with Crippen molar-refractivity contribution in [2.75, 3.05) is 24.7 Å². The van der Waals surface area contributed by atoms with Gasteiger partial charge >= 0.3 is 0 Å². The first-order valence-corrected chi connectivity index (χ1v) is 12.2. The van der Waals surface area contributed by atoms with Gasteiger partial charge in [0.2, 0.25) is 5.58 Å². The van der Waals surface area contributed by atoms with Crippen LogP contribution in [0.1, 0.15) is 19.5 Å². The smallest absolute Gasteiger partial charge is 0.206 e. The highest BCUT2D eigenvalue weighted by molar-refractivity contribution is 9.11. The van der Waals surface area contributed by atoms with Crippen molar-refractivity contribution in [1.29, 1.82) is 0 Å². The van der Waals surface area contributed by atoms with Crippen molar-refractivity contribution >= 4 is 61.9 Å². The number of halogens is 2. The normalized spacial score (nSPS) is 30.1. The molecule has 1 N–H and O–H groups in total. The number of thiazole rings is 1. The molecular formula is C20H20BrClN6O2S. The molecule has 1 unspecified atom stereocenters. The summed E-state index contributed by atoms with van der Waals surface area (Å²) in [4.78, 5) is 17.2. The van der Waals surface area contributed by atoms with Crippen molar-refractivity contribution in [2.45, 2.75) is 38.5 Å². The van der Waals surface area contributed by atoms with E-state index in [2.05, 4.69) is 61.3 Å². The van der Waals surface area contributed by atoms with E-state index >= 15 is 0 Å². The van der Waals surface area contributed by atoms with Gasteiger partial charge in [-0.05, 0) is 29.8 Å². The molecule has 3 aliphatic heterocycles. The summed E-state index contributed by atoms with van der Waals surface area (Å²) in [7, 11) is 0. The Balaban J connectivity index is 1.58. The largest absolute Gasteiger partial charge is 0.372 e. The maximum absolute atomic E-state index is 6.98. The highest BCUT2D eigenvalue weighted by atomic mass is 79.9. The van der Waals surface area contributed by atoms with Crippen LogP contribution in [0.5, 0.6) is 0 Å². The average Bonchev–Trinajstić information content (AvgIpc) is 3.34. The Morgan fingerprint density at radius 1 is 1.39 bits per heavy atom. The minimum absolute atomic E-state index is 0.0230. The quantitative estimate of drug-likeness (QED) is 0.517. The zero-order chi connectivity index (χ0) is 21.3. The summed E-state index contributed by atoms with van der Waals surface area (Å²) < 4.78 is 12.7. The van der Waals surface area contributed by atoms with Gasteiger partial charge in [-0.25, -0.2) is 9.97 Å². The Morgan fingerprint density at radius 3 is 3.00 bits per heavy atom. The van der Waals surface area contributed by atoms with Crippen molar-refractivity contribution in [3.63, 3.8) is 0 Å². The van der Waals surface area contributed by atoms with Gasteiger partial charge in [0.25, 0.3) is 0 Å². The highest BCUT2D eigenvalue weighted by Gasteiger charge is 2.53. The van der Waals surface area contributed by atoms with Gasteiger partial charge in [-0.3, -0.25) is 10.3 Å². The van der Waals surface area contributed by atoms with E-state index in [0.717, 1.165) is 39.7 Å². The van der Waals surface area contributed by atoms with E-state index in [-0.39, 0.29) is 23.7 Å². The van der Waals surface area contributed by atoms with Gasteiger partial charge in [-0.1, -0.05) is 16.8 Å². The van der Waals surface area contributed by atoms with Gasteiger partial charge in [0.15, 0.2) is 9.61 Å². The van der Waals surface area contributed by atoms with Crippen molar-refractivity contribution in [3.05, 3.63) is 20.8 Å². The average molecular weight is 524 g/mol. The third-order valence-electron chi connectivity index (χ3n) is 6.37. The summed E-state index contributed by atoms with van der Waals surface area (Å²) in [6.07, 6.45) is 4.69. The Labute approximate surface area is 196 Å². The Bertz CT molecular complexity index is 1210. The molecule has 6 heterocycles. The molecule has 6 rings (SSSR count). The van der Waals surface area contributed by atoms with Crippen LogP contribution in [0.4, 0.5) is 5.69 Å². The maximum Gasteiger partial charge on any atom is 0.206 e. The predicted molar refractivity (Wildman–Crippen MR) is 124 cm³/mol. The summed E-state index contributed by atoms with van der Waals surface area (Å²) in [6.45, 7) is 6.41. The summed E-state index contributed by atoms with van der Waals surface area (Å²) in [6, 6.07) is 0.101. The van der Waals surface area contributed by atoms with Crippen LogP contribution < -0.4 is 10.2 Å². The van der Waals surface area contributed by atoms with E-state index in [4.69, 9.17) is 25.8 Å². The number of rotatable bonds is 1. The van der Waals surface area contributed by atoms with E-state index in [1.165, 1.54) is 11.3 Å². The molecule has 162 valence electrons. The molecule has 0 bridgehead atoms. The van der Waals surface area contributed by atoms with Gasteiger partial charge in [0, 0.05) is 37.3 Å². The van der Waals surface area contributed by atoms with Crippen LogP contribution in [0.2, 0.25) is 5.02 Å². The molecule has 0 saturated carbocycles. The monoisotopic (exact) mass is 522 g/mol. The first-order chi connectivity index (χ1) is 15.0. The number of pyridine rings is 1. The molecule has 0 radical (unpaired) electrons. The molecule has 8 nitrogen and oxygen atoms in total. The molecule has 1 fully saturated rings. The van der Waals surface area contributed by atoms with Crippen LogP contribution in [0.3, 0.4) is 0 Å². The first kappa shape index (κ1) is 20.0. The van der Waals surface area contributed by atoms with Gasteiger partial charge in [0.1, 0.15) is 10.5 Å². The molecule has 31 heavy (non-hydrogen) atoms. The lowest BCUT2D eigenvalue weighted by molar-refractivity contribution is -0.0522. The van der Waals surface area contributed by atoms with Crippen LogP contribution in [0.15, 0.2) is 19.6 Å². The standard InChI is InChI=1S/C20H20BrClN6O2S/c1-9-5-28-16-11(3-20(6-23-8-24-7-20)18(28)10(2)29-9)26-15-14(12-4-25-19(21)31-12)27-30-17(15)13(16)22/h4,6,9-10,18,24H,3,5,7-8H2,1-2H3/t9-,10+,18-,20?/m1/s1. The number of hydrogen-bond donors (Lipinski definition) is 1. The number of anilines is 1. The number of nitrogens with one attached hydrogen (secondary N) is 1. The number of hydrogen-bond acceptors (Lipinski definition) is 9. The summed E-state index contributed by atoms with van der Waals surface area (Å²) in [5.41, 5.74) is 3.50. The number of fused-ring (bicyclic) bond motifs is 5. The van der Waals surface area contributed by atoms with E-state index in [1.54, 1.807) is 6.20 Å². The minimum Gasteiger partial charge on any atom is -0.372 e. The molecule has 1 saturated heterocycles. The second-order valence-corrected chi connectivity index (χ2v) is 11.1. The molecular weight excluding hydrogens is 504 g/mol. The van der Waals surface area contributed by atoms with Crippen LogP contribution in [-0.4, -0.2) is 59.3 Å². The van der Waals surface area contributed by atoms with Crippen LogP contribution in [-0.2, 0) is 11.2 Å². The number of aliphatic imine (C=N–C) groups is 1. The molecule has 0 aliphatic carbocycles. The lowest BCUT2D eigenvalue weighted by Gasteiger charge is -2.55. The predicted octanol–water partition coefficient (Wildman–Crippen LogP) is 3.92. The molecule has 3 aromatic heterocycles. The van der Waals surface area contributed by atoms with Crippen LogP contribution in [0, 0.1) is 5.41 Å². The van der Waals surface area contributed by atoms with E-state index in [0.29, 0.717) is 28.5 Å². The molecule has 1 spiro atoms. The van der Waals surface area contributed by atoms with E-state index in [9.17, 15) is 0 Å². The molecule has 3 aromatic rings. The zero-order valence-corrected chi connectivity index (χ0v) is 20.1. The molecule has 0 amide bonds. The van der Waals surface area contributed by atoms with Crippen molar-refractivity contribution in [2.24, 2.45) is 10.4 Å². The third-order valence-corrected chi connectivity index (χ3v) is 8.20. The van der Waals surface area contributed by atoms with Gasteiger partial charge in [-0.2, -0.15) is 0 Å². The number of morpholine rings is 1. The fourth-order valence-electron chi connectivity index (χ4n) is 5.36. The van der Waals surface area contributed by atoms with E-state index < -0.39 is 0 Å². The molecule has 11 heteroatoms. The van der Waals surface area contributed by atoms with Crippen LogP contribution in [0.25, 0.3) is 21.7 Å². The molecule has 3 aliphatic rings. The van der Waals surface area contributed by atoms with Crippen molar-refractivity contribution in [3.8, 4) is 10.6 Å². The van der Waals surface area contributed by atoms with Gasteiger partial charge < -0.3 is 14.2 Å². The summed E-state index contributed by atoms with van der Waals surface area (Å²) in [5.74, 6) is 0. The van der Waals surface area contributed by atoms with Crippen molar-refractivity contribution < 1.29 is 9.26 Å². The molecule has 0 aromatic carbocycles. The van der Waals surface area contributed by atoms with Gasteiger partial charge in [-0.15, -0.1) is 11.3 Å². The Kier molecular flexibility index (Phi) is 4.66. The first-order valence-electron chi connectivity index (χ1n) is 10.2. The Hall–Kier alpha value is -1.59. The maximum atomic E-state index is 6.98. The fraction of sp³-hybridized carbons (Fsp3) is 0.500. The SMILES string of the molecule is C[C@@H]1CN2c3c(nc4c(-c5cnc(Br)s5)noc4c3Cl)CC3(C=NCNC3)[C@H]2[C@H](C)O1. The summed E-state index contributed by atoms with van der Waals surface area (Å²) >= 11 is 11.9. The Morgan fingerprint density at radius 2 is 2.26 bits per heavy atom. The lowest BCUT2D eigenvalue weighted by Crippen LogP contribution is -2.67. The second kappa shape index (κ2) is 7.21. The number of nitrogens with zero attached hydrogens (tertiary/aromatic N) is 5. The fourth-order valence-corrected chi connectivity index (χ4v) is 6.95. The van der Waals surface area contributed by atoms with Crippen molar-refractivity contribution in [1.82, 2.24) is 20.4 Å². The molecule has 4 atom stereocenters.